The number of hydrogen-bond acceptors (Lipinski definition) is 3. The van der Waals surface area contributed by atoms with E-state index in [9.17, 15) is 18.8 Å². The Morgan fingerprint density at radius 3 is 2.57 bits per heavy atom. The third-order valence-electron chi connectivity index (χ3n) is 3.09. The summed E-state index contributed by atoms with van der Waals surface area (Å²) in [7, 11) is 1.31. The fourth-order valence-corrected chi connectivity index (χ4v) is 2.39. The molecule has 2 aromatic rings. The van der Waals surface area contributed by atoms with Crippen LogP contribution in [0.5, 0.6) is 0 Å². The van der Waals surface area contributed by atoms with Gasteiger partial charge in [-0.25, -0.2) is 9.18 Å². The van der Waals surface area contributed by atoms with Crippen molar-refractivity contribution in [3.05, 3.63) is 66.7 Å². The Bertz CT molecular complexity index is 839. The van der Waals surface area contributed by atoms with Crippen molar-refractivity contribution >= 4 is 21.7 Å². The van der Waals surface area contributed by atoms with Crippen LogP contribution in [0, 0.1) is 5.82 Å². The fourth-order valence-electron chi connectivity index (χ4n) is 1.91. The van der Waals surface area contributed by atoms with Gasteiger partial charge in [-0.3, -0.25) is 18.7 Å². The number of nitrogens with zero attached hydrogens (tertiary/aromatic N) is 2. The molecule has 0 N–H and O–H groups in total. The molecule has 110 valence electrons. The molecule has 0 bridgehead atoms. The van der Waals surface area contributed by atoms with E-state index in [1.165, 1.54) is 42.9 Å². The lowest BCUT2D eigenvalue weighted by atomic mass is 10.2. The average Bonchev–Trinajstić information content (AvgIpc) is 2.41. The van der Waals surface area contributed by atoms with E-state index in [0.717, 1.165) is 4.57 Å². The molecule has 21 heavy (non-hydrogen) atoms. The zero-order valence-corrected chi connectivity index (χ0v) is 13.0. The Hall–Kier alpha value is -2.02. The van der Waals surface area contributed by atoms with E-state index in [1.54, 1.807) is 0 Å². The van der Waals surface area contributed by atoms with Crippen molar-refractivity contribution < 1.29 is 9.18 Å². The maximum Gasteiger partial charge on any atom is 0.331 e. The van der Waals surface area contributed by atoms with Gasteiger partial charge in [0.25, 0.3) is 5.56 Å². The molecule has 0 aliphatic carbocycles. The molecule has 0 saturated heterocycles. The van der Waals surface area contributed by atoms with Crippen LogP contribution in [0.25, 0.3) is 0 Å². The minimum atomic E-state index is -0.623. The van der Waals surface area contributed by atoms with Gasteiger partial charge in [-0.2, -0.15) is 0 Å². The monoisotopic (exact) mass is 354 g/mol. The van der Waals surface area contributed by atoms with Gasteiger partial charge >= 0.3 is 5.69 Å². The molecule has 0 aliphatic rings. The molecule has 0 spiro atoms. The van der Waals surface area contributed by atoms with E-state index in [0.29, 0.717) is 10.0 Å². The summed E-state index contributed by atoms with van der Waals surface area (Å²) in [6.07, 6.45) is 1.24. The molecular formula is C14H12BrFN2O3. The topological polar surface area (TPSA) is 61.1 Å². The Labute approximate surface area is 127 Å². The summed E-state index contributed by atoms with van der Waals surface area (Å²) in [5.41, 5.74) is -0.565. The average molecular weight is 355 g/mol. The molecular weight excluding hydrogens is 343 g/mol. The minimum Gasteiger partial charge on any atom is -0.295 e. The van der Waals surface area contributed by atoms with Gasteiger partial charge in [-0.05, 0) is 24.6 Å². The molecule has 0 saturated carbocycles. The van der Waals surface area contributed by atoms with Crippen LogP contribution in [0.1, 0.15) is 22.8 Å². The highest BCUT2D eigenvalue weighted by Gasteiger charge is 2.13. The second-order valence-corrected chi connectivity index (χ2v) is 5.46. The van der Waals surface area contributed by atoms with Crippen molar-refractivity contribution in [1.29, 1.82) is 0 Å². The molecule has 0 aliphatic heterocycles. The molecule has 2 rings (SSSR count). The lowest BCUT2D eigenvalue weighted by molar-refractivity contribution is 0.101. The summed E-state index contributed by atoms with van der Waals surface area (Å²) in [4.78, 5) is 35.3. The van der Waals surface area contributed by atoms with E-state index in [4.69, 9.17) is 0 Å². The van der Waals surface area contributed by atoms with Crippen molar-refractivity contribution in [2.45, 2.75) is 13.5 Å². The summed E-state index contributed by atoms with van der Waals surface area (Å²) in [5.74, 6) is -0.814. The number of rotatable bonds is 3. The van der Waals surface area contributed by atoms with E-state index in [2.05, 4.69) is 15.9 Å². The van der Waals surface area contributed by atoms with Crippen LogP contribution in [0.15, 0.2) is 38.5 Å². The molecule has 5 nitrogen and oxygen atoms in total. The number of hydrogen-bond donors (Lipinski definition) is 0. The van der Waals surface area contributed by atoms with E-state index in [1.807, 2.05) is 0 Å². The summed E-state index contributed by atoms with van der Waals surface area (Å²) < 4.78 is 15.7. The molecule has 1 aromatic heterocycles. The molecule has 1 aromatic carbocycles. The number of aromatic nitrogens is 2. The van der Waals surface area contributed by atoms with Gasteiger partial charge in [0.05, 0.1) is 12.1 Å². The van der Waals surface area contributed by atoms with Gasteiger partial charge in [-0.1, -0.05) is 22.0 Å². The first-order valence-electron chi connectivity index (χ1n) is 6.06. The zero-order chi connectivity index (χ0) is 15.7. The molecule has 0 radical (unpaired) electrons. The van der Waals surface area contributed by atoms with Gasteiger partial charge in [0, 0.05) is 17.7 Å². The standard InChI is InChI=1S/C14H12BrFN2O3/c1-8(19)11-7-18(14(21)17(2)13(11)20)6-9-3-4-10(16)5-12(9)15/h3-5,7H,6H2,1-2H3. The highest BCUT2D eigenvalue weighted by Crippen LogP contribution is 2.18. The third kappa shape index (κ3) is 3.02. The second kappa shape index (κ2) is 5.77. The van der Waals surface area contributed by atoms with Crippen LogP contribution in [0.3, 0.4) is 0 Å². The number of Topliss-reactive ketones (excluding diaryl/α,β-unsaturated/α-hetero) is 1. The van der Waals surface area contributed by atoms with Crippen LogP contribution in [0.4, 0.5) is 4.39 Å². The summed E-state index contributed by atoms with van der Waals surface area (Å²) in [5, 5.41) is 0. The summed E-state index contributed by atoms with van der Waals surface area (Å²) >= 11 is 3.22. The van der Waals surface area contributed by atoms with Crippen LogP contribution in [-0.2, 0) is 13.6 Å². The summed E-state index contributed by atoms with van der Waals surface area (Å²) in [6, 6.07) is 4.09. The number of carbonyl (C=O) groups is 1. The lowest BCUT2D eigenvalue weighted by Gasteiger charge is -2.10. The van der Waals surface area contributed by atoms with E-state index < -0.39 is 22.8 Å². The van der Waals surface area contributed by atoms with Crippen molar-refractivity contribution in [3.63, 3.8) is 0 Å². The van der Waals surface area contributed by atoms with E-state index >= 15 is 0 Å². The van der Waals surface area contributed by atoms with Gasteiger partial charge in [0.15, 0.2) is 5.78 Å². The second-order valence-electron chi connectivity index (χ2n) is 4.61. The Morgan fingerprint density at radius 1 is 1.33 bits per heavy atom. The Kier molecular flexibility index (Phi) is 4.22. The molecule has 0 atom stereocenters. The van der Waals surface area contributed by atoms with Crippen molar-refractivity contribution in [2.24, 2.45) is 7.05 Å². The van der Waals surface area contributed by atoms with Gasteiger partial charge in [0.1, 0.15) is 5.82 Å². The van der Waals surface area contributed by atoms with Crippen LogP contribution < -0.4 is 11.2 Å². The van der Waals surface area contributed by atoms with Gasteiger partial charge < -0.3 is 0 Å². The van der Waals surface area contributed by atoms with Crippen LogP contribution in [-0.4, -0.2) is 14.9 Å². The van der Waals surface area contributed by atoms with E-state index in [-0.39, 0.29) is 12.1 Å². The first-order valence-corrected chi connectivity index (χ1v) is 6.86. The normalized spacial score (nSPS) is 10.7. The van der Waals surface area contributed by atoms with Gasteiger partial charge in [-0.15, -0.1) is 0 Å². The predicted molar refractivity (Wildman–Crippen MR) is 79.1 cm³/mol. The zero-order valence-electron chi connectivity index (χ0n) is 11.4. The largest absolute Gasteiger partial charge is 0.331 e. The third-order valence-corrected chi connectivity index (χ3v) is 3.83. The Morgan fingerprint density at radius 2 is 2.00 bits per heavy atom. The minimum absolute atomic E-state index is 0.0599. The van der Waals surface area contributed by atoms with Crippen molar-refractivity contribution in [2.75, 3.05) is 0 Å². The molecule has 0 fully saturated rings. The molecule has 7 heteroatoms. The fraction of sp³-hybridized carbons (Fsp3) is 0.214. The lowest BCUT2D eigenvalue weighted by Crippen LogP contribution is -2.40. The molecule has 1 heterocycles. The van der Waals surface area contributed by atoms with Crippen molar-refractivity contribution in [3.8, 4) is 0 Å². The predicted octanol–water partition coefficient (Wildman–Crippen LogP) is 1.70. The number of carbonyl (C=O) groups excluding carboxylic acids is 1. The van der Waals surface area contributed by atoms with Crippen LogP contribution >= 0.6 is 15.9 Å². The van der Waals surface area contributed by atoms with Crippen LogP contribution in [0.2, 0.25) is 0 Å². The Balaban J connectivity index is 2.57. The maximum absolute atomic E-state index is 13.1. The number of ketones is 1. The molecule has 0 amide bonds. The highest BCUT2D eigenvalue weighted by molar-refractivity contribution is 9.10. The maximum atomic E-state index is 13.1. The molecule has 0 unspecified atom stereocenters. The smallest absolute Gasteiger partial charge is 0.295 e. The summed E-state index contributed by atoms with van der Waals surface area (Å²) in [6.45, 7) is 1.38. The SMILES string of the molecule is CC(=O)c1cn(Cc2ccc(F)cc2Br)c(=O)n(C)c1=O. The first-order chi connectivity index (χ1) is 9.81. The highest BCUT2D eigenvalue weighted by atomic mass is 79.9. The first kappa shape index (κ1) is 15.4. The van der Waals surface area contributed by atoms with Gasteiger partial charge in [0.2, 0.25) is 0 Å². The quantitative estimate of drug-likeness (QED) is 0.788. The number of benzene rings is 1. The number of halogens is 2. The van der Waals surface area contributed by atoms with Crippen molar-refractivity contribution in [1.82, 2.24) is 9.13 Å².